The Balaban J connectivity index is 2.72. The van der Waals surface area contributed by atoms with Crippen molar-refractivity contribution in [3.05, 3.63) is 17.3 Å². The molecule has 0 amide bonds. The molecular weight excluding hydrogens is 174 g/mol. The van der Waals surface area contributed by atoms with Gasteiger partial charge >= 0.3 is 0 Å². The van der Waals surface area contributed by atoms with E-state index in [1.54, 1.807) is 12.3 Å². The first-order valence-electron chi connectivity index (χ1n) is 3.89. The Morgan fingerprint density at radius 3 is 3.00 bits per heavy atom. The lowest BCUT2D eigenvalue weighted by Crippen LogP contribution is -2.02. The smallest absolute Gasteiger partial charge is 0.144 e. The van der Waals surface area contributed by atoms with Crippen LogP contribution in [0.1, 0.15) is 13.3 Å². The van der Waals surface area contributed by atoms with Gasteiger partial charge in [0.1, 0.15) is 5.82 Å². The minimum absolute atomic E-state index is 0.573. The standard InChI is InChI=1S/C8H12ClN3/c1-2-3-11-8-7(9)4-6(10)5-12-8/h4-5H,2-3,10H2,1H3,(H,11,12). The molecule has 1 rings (SSSR count). The third-order valence-corrected chi connectivity index (χ3v) is 1.69. The third-order valence-electron chi connectivity index (χ3n) is 1.40. The number of nitrogens with two attached hydrogens (primary N) is 1. The van der Waals surface area contributed by atoms with Crippen LogP contribution in [0.15, 0.2) is 12.3 Å². The molecule has 0 saturated heterocycles. The van der Waals surface area contributed by atoms with E-state index in [1.165, 1.54) is 0 Å². The molecule has 0 saturated carbocycles. The lowest BCUT2D eigenvalue weighted by molar-refractivity contribution is 0.969. The summed E-state index contributed by atoms with van der Waals surface area (Å²) in [6.07, 6.45) is 2.63. The average Bonchev–Trinajstić information content (AvgIpc) is 2.03. The van der Waals surface area contributed by atoms with Crippen LogP contribution in [0, 0.1) is 0 Å². The van der Waals surface area contributed by atoms with Gasteiger partial charge in [-0.1, -0.05) is 18.5 Å². The number of hydrogen-bond donors (Lipinski definition) is 2. The van der Waals surface area contributed by atoms with E-state index < -0.39 is 0 Å². The summed E-state index contributed by atoms with van der Waals surface area (Å²) in [5.41, 5.74) is 6.07. The molecule has 1 heterocycles. The van der Waals surface area contributed by atoms with E-state index in [0.717, 1.165) is 13.0 Å². The maximum absolute atomic E-state index is 5.86. The SMILES string of the molecule is CCCNc1ncc(N)cc1Cl. The molecule has 0 aliphatic heterocycles. The van der Waals surface area contributed by atoms with Gasteiger partial charge in [-0.2, -0.15) is 0 Å². The van der Waals surface area contributed by atoms with Crippen molar-refractivity contribution in [2.45, 2.75) is 13.3 Å². The van der Waals surface area contributed by atoms with Gasteiger partial charge in [-0.25, -0.2) is 4.98 Å². The summed E-state index contributed by atoms with van der Waals surface area (Å²) >= 11 is 5.86. The van der Waals surface area contributed by atoms with Crippen molar-refractivity contribution in [2.24, 2.45) is 0 Å². The average molecular weight is 186 g/mol. The molecule has 3 nitrogen and oxygen atoms in total. The summed E-state index contributed by atoms with van der Waals surface area (Å²) in [5.74, 6) is 0.702. The highest BCUT2D eigenvalue weighted by Crippen LogP contribution is 2.20. The van der Waals surface area contributed by atoms with E-state index in [-0.39, 0.29) is 0 Å². The van der Waals surface area contributed by atoms with Gasteiger partial charge < -0.3 is 11.1 Å². The molecule has 0 aromatic carbocycles. The number of nitrogen functional groups attached to an aromatic ring is 1. The molecule has 0 fully saturated rings. The lowest BCUT2D eigenvalue weighted by atomic mass is 10.4. The topological polar surface area (TPSA) is 50.9 Å². The van der Waals surface area contributed by atoms with Gasteiger partial charge in [0.2, 0.25) is 0 Å². The molecule has 0 atom stereocenters. The highest BCUT2D eigenvalue weighted by Gasteiger charge is 1.99. The second-order valence-corrected chi connectivity index (χ2v) is 2.93. The molecule has 0 bridgehead atoms. The van der Waals surface area contributed by atoms with Crippen LogP contribution in [0.3, 0.4) is 0 Å². The van der Waals surface area contributed by atoms with E-state index in [2.05, 4.69) is 17.2 Å². The molecule has 66 valence electrons. The fourth-order valence-electron chi connectivity index (χ4n) is 0.826. The molecule has 0 aliphatic carbocycles. The molecule has 0 radical (unpaired) electrons. The van der Waals surface area contributed by atoms with Crippen molar-refractivity contribution in [3.63, 3.8) is 0 Å². The first-order chi connectivity index (χ1) is 5.74. The minimum atomic E-state index is 0.573. The quantitative estimate of drug-likeness (QED) is 0.759. The fourth-order valence-corrected chi connectivity index (χ4v) is 1.07. The fraction of sp³-hybridized carbons (Fsp3) is 0.375. The highest BCUT2D eigenvalue weighted by atomic mass is 35.5. The molecule has 0 unspecified atom stereocenters. The van der Waals surface area contributed by atoms with Crippen LogP contribution in [-0.2, 0) is 0 Å². The predicted octanol–water partition coefficient (Wildman–Crippen LogP) is 2.14. The minimum Gasteiger partial charge on any atom is -0.397 e. The second kappa shape index (κ2) is 4.16. The van der Waals surface area contributed by atoms with Crippen LogP contribution < -0.4 is 11.1 Å². The largest absolute Gasteiger partial charge is 0.397 e. The molecule has 3 N–H and O–H groups in total. The molecule has 4 heteroatoms. The van der Waals surface area contributed by atoms with Crippen molar-refractivity contribution < 1.29 is 0 Å². The van der Waals surface area contributed by atoms with Gasteiger partial charge in [-0.05, 0) is 12.5 Å². The monoisotopic (exact) mass is 185 g/mol. The van der Waals surface area contributed by atoms with Crippen LogP contribution in [0.2, 0.25) is 5.02 Å². The normalized spacial score (nSPS) is 9.83. The number of nitrogens with one attached hydrogen (secondary N) is 1. The summed E-state index contributed by atoms with van der Waals surface area (Å²) in [4.78, 5) is 4.05. The van der Waals surface area contributed by atoms with Crippen molar-refractivity contribution in [3.8, 4) is 0 Å². The summed E-state index contributed by atoms with van der Waals surface area (Å²) in [5, 5.41) is 3.66. The molecular formula is C8H12ClN3. The Hall–Kier alpha value is -0.960. The molecule has 1 aromatic rings. The number of rotatable bonds is 3. The van der Waals surface area contributed by atoms with Crippen molar-refractivity contribution in [1.29, 1.82) is 0 Å². The number of anilines is 2. The third kappa shape index (κ3) is 2.27. The summed E-state index contributed by atoms with van der Waals surface area (Å²) in [6.45, 7) is 2.95. The Morgan fingerprint density at radius 2 is 2.42 bits per heavy atom. The van der Waals surface area contributed by atoms with Crippen LogP contribution in [0.5, 0.6) is 0 Å². The van der Waals surface area contributed by atoms with Gasteiger partial charge in [-0.3, -0.25) is 0 Å². The molecule has 12 heavy (non-hydrogen) atoms. The first-order valence-corrected chi connectivity index (χ1v) is 4.26. The highest BCUT2D eigenvalue weighted by molar-refractivity contribution is 6.33. The number of pyridine rings is 1. The zero-order valence-corrected chi connectivity index (χ0v) is 7.73. The lowest BCUT2D eigenvalue weighted by Gasteiger charge is -2.05. The van der Waals surface area contributed by atoms with E-state index >= 15 is 0 Å². The van der Waals surface area contributed by atoms with Gasteiger partial charge in [0, 0.05) is 6.54 Å². The summed E-state index contributed by atoms with van der Waals surface area (Å²) in [7, 11) is 0. The van der Waals surface area contributed by atoms with Crippen molar-refractivity contribution in [1.82, 2.24) is 4.98 Å². The van der Waals surface area contributed by atoms with E-state index in [1.807, 2.05) is 0 Å². The zero-order chi connectivity index (χ0) is 8.97. The van der Waals surface area contributed by atoms with Crippen LogP contribution >= 0.6 is 11.6 Å². The number of halogens is 1. The van der Waals surface area contributed by atoms with E-state index in [0.29, 0.717) is 16.5 Å². The van der Waals surface area contributed by atoms with Crippen molar-refractivity contribution >= 4 is 23.1 Å². The number of aromatic nitrogens is 1. The first kappa shape index (κ1) is 9.13. The van der Waals surface area contributed by atoms with Crippen LogP contribution in [0.25, 0.3) is 0 Å². The summed E-state index contributed by atoms with van der Waals surface area (Å²) in [6, 6.07) is 1.69. The molecule has 0 spiro atoms. The number of hydrogen-bond acceptors (Lipinski definition) is 3. The Morgan fingerprint density at radius 1 is 1.67 bits per heavy atom. The van der Waals surface area contributed by atoms with Crippen LogP contribution in [-0.4, -0.2) is 11.5 Å². The molecule has 0 aliphatic rings. The molecule has 1 aromatic heterocycles. The van der Waals surface area contributed by atoms with Crippen LogP contribution in [0.4, 0.5) is 11.5 Å². The second-order valence-electron chi connectivity index (χ2n) is 2.53. The number of nitrogens with zero attached hydrogens (tertiary/aromatic N) is 1. The maximum atomic E-state index is 5.86. The zero-order valence-electron chi connectivity index (χ0n) is 6.97. The van der Waals surface area contributed by atoms with E-state index in [9.17, 15) is 0 Å². The van der Waals surface area contributed by atoms with Gasteiger partial charge in [0.25, 0.3) is 0 Å². The van der Waals surface area contributed by atoms with Crippen molar-refractivity contribution in [2.75, 3.05) is 17.6 Å². The Labute approximate surface area is 76.9 Å². The van der Waals surface area contributed by atoms with Gasteiger partial charge in [-0.15, -0.1) is 0 Å². The Kier molecular flexibility index (Phi) is 3.17. The van der Waals surface area contributed by atoms with Gasteiger partial charge in [0.05, 0.1) is 16.9 Å². The van der Waals surface area contributed by atoms with Gasteiger partial charge in [0.15, 0.2) is 0 Å². The summed E-state index contributed by atoms with van der Waals surface area (Å²) < 4.78 is 0. The predicted molar refractivity (Wildman–Crippen MR) is 52.4 cm³/mol. The Bertz CT molecular complexity index is 262. The van der Waals surface area contributed by atoms with E-state index in [4.69, 9.17) is 17.3 Å². The maximum Gasteiger partial charge on any atom is 0.144 e.